The maximum absolute atomic E-state index is 11.4. The number of nitro groups is 1. The summed E-state index contributed by atoms with van der Waals surface area (Å²) in [6, 6.07) is 1.39. The number of aromatic nitrogens is 1. The van der Waals surface area contributed by atoms with Crippen molar-refractivity contribution >= 4 is 33.3 Å². The molecule has 0 aliphatic rings. The first-order chi connectivity index (χ1) is 8.40. The number of hydrogen-bond acceptors (Lipinski definition) is 5. The summed E-state index contributed by atoms with van der Waals surface area (Å²) in [6.45, 7) is 3.78. The number of anilines is 1. The highest BCUT2D eigenvalue weighted by Crippen LogP contribution is 2.23. The van der Waals surface area contributed by atoms with Gasteiger partial charge in [-0.05, 0) is 29.8 Å². The molecular formula is C10H13BrN4O3. The van der Waals surface area contributed by atoms with Gasteiger partial charge < -0.3 is 10.6 Å². The Hall–Kier alpha value is -1.70. The molecule has 1 heterocycles. The van der Waals surface area contributed by atoms with Crippen LogP contribution in [0, 0.1) is 10.1 Å². The molecule has 0 fully saturated rings. The van der Waals surface area contributed by atoms with Crippen molar-refractivity contribution in [3.63, 3.8) is 0 Å². The van der Waals surface area contributed by atoms with Crippen molar-refractivity contribution in [2.24, 2.45) is 0 Å². The van der Waals surface area contributed by atoms with E-state index in [0.29, 0.717) is 10.3 Å². The zero-order valence-corrected chi connectivity index (χ0v) is 11.5. The van der Waals surface area contributed by atoms with E-state index in [9.17, 15) is 14.9 Å². The van der Waals surface area contributed by atoms with Crippen molar-refractivity contribution < 1.29 is 9.72 Å². The van der Waals surface area contributed by atoms with Gasteiger partial charge in [0.1, 0.15) is 12.0 Å². The minimum Gasteiger partial charge on any atom is -0.360 e. The van der Waals surface area contributed by atoms with E-state index in [1.807, 2.05) is 13.8 Å². The van der Waals surface area contributed by atoms with Crippen LogP contribution in [0.15, 0.2) is 16.7 Å². The van der Waals surface area contributed by atoms with E-state index in [0.717, 1.165) is 6.20 Å². The number of carbonyl (C=O) groups excluding carboxylic acids is 1. The van der Waals surface area contributed by atoms with Crippen LogP contribution < -0.4 is 10.6 Å². The van der Waals surface area contributed by atoms with Crippen LogP contribution in [-0.2, 0) is 4.79 Å². The lowest BCUT2D eigenvalue weighted by atomic mass is 10.4. The number of halogens is 1. The van der Waals surface area contributed by atoms with Crippen molar-refractivity contribution in [1.82, 2.24) is 10.3 Å². The van der Waals surface area contributed by atoms with Crippen LogP contribution in [0.1, 0.15) is 13.8 Å². The summed E-state index contributed by atoms with van der Waals surface area (Å²) in [5.41, 5.74) is -0.112. The summed E-state index contributed by atoms with van der Waals surface area (Å²) in [7, 11) is 0. The van der Waals surface area contributed by atoms with Crippen molar-refractivity contribution in [3.8, 4) is 0 Å². The molecule has 8 heteroatoms. The molecule has 0 radical (unpaired) electrons. The molecule has 1 aromatic heterocycles. The second kappa shape index (κ2) is 6.29. The molecule has 1 aromatic rings. The third-order valence-corrected chi connectivity index (χ3v) is 2.51. The molecule has 98 valence electrons. The molecule has 0 spiro atoms. The van der Waals surface area contributed by atoms with Crippen LogP contribution in [0.25, 0.3) is 0 Å². The molecule has 0 atom stereocenters. The Morgan fingerprint density at radius 3 is 2.78 bits per heavy atom. The largest absolute Gasteiger partial charge is 0.360 e. The Kier molecular flexibility index (Phi) is 5.02. The fourth-order valence-electron chi connectivity index (χ4n) is 1.19. The molecule has 2 N–H and O–H groups in total. The van der Waals surface area contributed by atoms with Crippen molar-refractivity contribution in [1.29, 1.82) is 0 Å². The van der Waals surface area contributed by atoms with Gasteiger partial charge in [-0.15, -0.1) is 0 Å². The molecule has 0 aromatic carbocycles. The Labute approximate surface area is 112 Å². The van der Waals surface area contributed by atoms with Gasteiger partial charge in [0.25, 0.3) is 5.69 Å². The second-order valence-corrected chi connectivity index (χ2v) is 4.71. The number of carbonyl (C=O) groups is 1. The highest BCUT2D eigenvalue weighted by Gasteiger charge is 2.11. The molecule has 0 bridgehead atoms. The molecule has 0 aliphatic heterocycles. The molecular weight excluding hydrogens is 304 g/mol. The lowest BCUT2D eigenvalue weighted by molar-refractivity contribution is -0.385. The van der Waals surface area contributed by atoms with Gasteiger partial charge in [0.2, 0.25) is 5.91 Å². The van der Waals surface area contributed by atoms with Crippen LogP contribution in [0.2, 0.25) is 0 Å². The predicted molar refractivity (Wildman–Crippen MR) is 70.4 cm³/mol. The molecule has 0 unspecified atom stereocenters. The summed E-state index contributed by atoms with van der Waals surface area (Å²) in [5, 5.41) is 16.0. The van der Waals surface area contributed by atoms with Gasteiger partial charge in [-0.2, -0.15) is 0 Å². The van der Waals surface area contributed by atoms with Crippen LogP contribution in [-0.4, -0.2) is 28.4 Å². The van der Waals surface area contributed by atoms with Crippen molar-refractivity contribution in [3.05, 3.63) is 26.9 Å². The maximum Gasteiger partial charge on any atom is 0.288 e. The van der Waals surface area contributed by atoms with Gasteiger partial charge in [-0.1, -0.05) is 0 Å². The van der Waals surface area contributed by atoms with Gasteiger partial charge in [0.15, 0.2) is 0 Å². The lowest BCUT2D eigenvalue weighted by Crippen LogP contribution is -2.35. The Morgan fingerprint density at radius 1 is 1.61 bits per heavy atom. The molecule has 0 saturated heterocycles. The maximum atomic E-state index is 11.4. The lowest BCUT2D eigenvalue weighted by Gasteiger charge is -2.10. The predicted octanol–water partition coefficient (Wildman–Crippen LogP) is 1.69. The normalized spacial score (nSPS) is 10.2. The quantitative estimate of drug-likeness (QED) is 0.636. The van der Waals surface area contributed by atoms with Crippen LogP contribution in [0.3, 0.4) is 0 Å². The summed E-state index contributed by atoms with van der Waals surface area (Å²) in [5.74, 6) is 0.219. The molecule has 7 nitrogen and oxygen atoms in total. The van der Waals surface area contributed by atoms with E-state index in [4.69, 9.17) is 0 Å². The van der Waals surface area contributed by atoms with Gasteiger partial charge >= 0.3 is 0 Å². The van der Waals surface area contributed by atoms with E-state index in [2.05, 4.69) is 31.5 Å². The van der Waals surface area contributed by atoms with Gasteiger partial charge in [0, 0.05) is 12.1 Å². The smallest absolute Gasteiger partial charge is 0.288 e. The monoisotopic (exact) mass is 316 g/mol. The average molecular weight is 317 g/mol. The van der Waals surface area contributed by atoms with Crippen LogP contribution >= 0.6 is 15.9 Å². The zero-order chi connectivity index (χ0) is 13.7. The first-order valence-electron chi connectivity index (χ1n) is 5.23. The molecule has 1 rings (SSSR count). The van der Waals surface area contributed by atoms with Gasteiger partial charge in [-0.3, -0.25) is 14.9 Å². The minimum atomic E-state index is -0.535. The van der Waals surface area contributed by atoms with E-state index < -0.39 is 4.92 Å². The molecule has 0 aliphatic carbocycles. The summed E-state index contributed by atoms with van der Waals surface area (Å²) in [4.78, 5) is 25.2. The Morgan fingerprint density at radius 2 is 2.28 bits per heavy atom. The standard InChI is InChI=1S/C10H13BrN4O3/c1-6(2)14-9(16)5-13-10-8(11)3-7(4-12-10)15(17)18/h3-4,6H,5H2,1-2H3,(H,12,13)(H,14,16). The SMILES string of the molecule is CC(C)NC(=O)CNc1ncc([N+](=O)[O-])cc1Br. The fraction of sp³-hybridized carbons (Fsp3) is 0.400. The van der Waals surface area contributed by atoms with E-state index in [1.165, 1.54) is 6.07 Å². The van der Waals surface area contributed by atoms with E-state index >= 15 is 0 Å². The first kappa shape index (κ1) is 14.4. The first-order valence-corrected chi connectivity index (χ1v) is 6.02. The second-order valence-electron chi connectivity index (χ2n) is 3.86. The number of pyridine rings is 1. The fourth-order valence-corrected chi connectivity index (χ4v) is 1.67. The Balaban J connectivity index is 2.63. The number of hydrogen-bond donors (Lipinski definition) is 2. The van der Waals surface area contributed by atoms with Crippen molar-refractivity contribution in [2.45, 2.75) is 19.9 Å². The molecule has 1 amide bonds. The van der Waals surface area contributed by atoms with Gasteiger partial charge in [-0.25, -0.2) is 4.98 Å². The van der Waals surface area contributed by atoms with Gasteiger partial charge in [0.05, 0.1) is 15.9 Å². The highest BCUT2D eigenvalue weighted by molar-refractivity contribution is 9.10. The number of nitrogens with zero attached hydrogens (tertiary/aromatic N) is 2. The van der Waals surface area contributed by atoms with Crippen molar-refractivity contribution in [2.75, 3.05) is 11.9 Å². The summed E-state index contributed by atoms with van der Waals surface area (Å²) < 4.78 is 0.439. The highest BCUT2D eigenvalue weighted by atomic mass is 79.9. The zero-order valence-electron chi connectivity index (χ0n) is 9.94. The number of amides is 1. The third-order valence-electron chi connectivity index (χ3n) is 1.90. The van der Waals surface area contributed by atoms with E-state index in [1.54, 1.807) is 0 Å². The average Bonchev–Trinajstić information content (AvgIpc) is 2.26. The van der Waals surface area contributed by atoms with E-state index in [-0.39, 0.29) is 24.2 Å². The third kappa shape index (κ3) is 4.28. The summed E-state index contributed by atoms with van der Waals surface area (Å²) in [6.07, 6.45) is 1.13. The molecule has 18 heavy (non-hydrogen) atoms. The minimum absolute atomic E-state index is 0.0571. The summed E-state index contributed by atoms with van der Waals surface area (Å²) >= 11 is 3.16. The number of rotatable bonds is 5. The van der Waals surface area contributed by atoms with Crippen LogP contribution in [0.4, 0.5) is 11.5 Å². The Bertz CT molecular complexity index is 464. The molecule has 0 saturated carbocycles. The van der Waals surface area contributed by atoms with Crippen LogP contribution in [0.5, 0.6) is 0 Å². The number of nitrogens with one attached hydrogen (secondary N) is 2. The topological polar surface area (TPSA) is 97.2 Å².